The Bertz CT molecular complexity index is 174. The van der Waals surface area contributed by atoms with Gasteiger partial charge in [0.15, 0.2) is 0 Å². The van der Waals surface area contributed by atoms with Crippen LogP contribution in [0.25, 0.3) is 0 Å². The fraction of sp³-hybridized carbons (Fsp3) is 0.909. The van der Waals surface area contributed by atoms with Crippen LogP contribution in [0.5, 0.6) is 0 Å². The fourth-order valence-electron chi connectivity index (χ4n) is 1.85. The molecular formula is C11H21NO2. The summed E-state index contributed by atoms with van der Waals surface area (Å²) in [6, 6.07) is 0. The summed E-state index contributed by atoms with van der Waals surface area (Å²) >= 11 is 0. The zero-order valence-electron chi connectivity index (χ0n) is 9.29. The Kier molecular flexibility index (Phi) is 5.12. The van der Waals surface area contributed by atoms with Crippen molar-refractivity contribution in [1.82, 2.24) is 4.90 Å². The molecule has 3 heteroatoms. The largest absolute Gasteiger partial charge is 0.378 e. The van der Waals surface area contributed by atoms with E-state index in [1.807, 2.05) is 6.92 Å². The van der Waals surface area contributed by atoms with Crippen LogP contribution in [0.4, 0.5) is 0 Å². The van der Waals surface area contributed by atoms with Gasteiger partial charge in [-0.1, -0.05) is 0 Å². The van der Waals surface area contributed by atoms with Gasteiger partial charge in [0.05, 0.1) is 6.10 Å². The van der Waals surface area contributed by atoms with Gasteiger partial charge in [-0.2, -0.15) is 0 Å². The van der Waals surface area contributed by atoms with Crippen LogP contribution in [0.3, 0.4) is 0 Å². The maximum Gasteiger partial charge on any atom is 0.131 e. The van der Waals surface area contributed by atoms with E-state index in [-0.39, 0.29) is 5.78 Å². The number of likely N-dealkylation sites (tertiary alicyclic amines) is 1. The van der Waals surface area contributed by atoms with Crippen LogP contribution in [0.15, 0.2) is 0 Å². The number of carbonyl (C=O) groups excluding carboxylic acids is 1. The van der Waals surface area contributed by atoms with Crippen molar-refractivity contribution in [1.29, 1.82) is 0 Å². The number of rotatable bonds is 5. The number of hydrogen-bond acceptors (Lipinski definition) is 3. The normalized spacial score (nSPS) is 19.9. The molecule has 82 valence electrons. The number of hydrogen-bond donors (Lipinski definition) is 0. The first-order chi connectivity index (χ1) is 6.72. The Balaban J connectivity index is 2.12. The molecule has 1 heterocycles. The minimum atomic E-state index is 0.289. The average Bonchev–Trinajstić information content (AvgIpc) is 2.17. The third kappa shape index (κ3) is 4.20. The molecule has 0 amide bonds. The van der Waals surface area contributed by atoms with Crippen molar-refractivity contribution in [2.75, 3.05) is 26.2 Å². The van der Waals surface area contributed by atoms with Crippen molar-refractivity contribution < 1.29 is 9.53 Å². The number of carbonyl (C=O) groups is 1. The van der Waals surface area contributed by atoms with Gasteiger partial charge < -0.3 is 9.64 Å². The Morgan fingerprint density at radius 3 is 2.57 bits per heavy atom. The van der Waals surface area contributed by atoms with E-state index in [0.717, 1.165) is 39.1 Å². The molecular weight excluding hydrogens is 178 g/mol. The van der Waals surface area contributed by atoms with Gasteiger partial charge >= 0.3 is 0 Å². The van der Waals surface area contributed by atoms with Crippen molar-refractivity contribution in [3.05, 3.63) is 0 Å². The van der Waals surface area contributed by atoms with Crippen molar-refractivity contribution in [2.24, 2.45) is 0 Å². The predicted octanol–water partition coefficient (Wildman–Crippen LogP) is 1.47. The third-order valence-corrected chi connectivity index (χ3v) is 2.72. The Hall–Kier alpha value is -0.410. The fourth-order valence-corrected chi connectivity index (χ4v) is 1.85. The van der Waals surface area contributed by atoms with Crippen LogP contribution < -0.4 is 0 Å². The second kappa shape index (κ2) is 6.14. The highest BCUT2D eigenvalue weighted by molar-refractivity contribution is 5.75. The highest BCUT2D eigenvalue weighted by Gasteiger charge is 2.18. The van der Waals surface area contributed by atoms with E-state index in [1.165, 1.54) is 0 Å². The van der Waals surface area contributed by atoms with Crippen molar-refractivity contribution in [3.8, 4) is 0 Å². The SMILES string of the molecule is CCOC1CCN(CCC(C)=O)CC1. The van der Waals surface area contributed by atoms with E-state index in [4.69, 9.17) is 4.74 Å². The van der Waals surface area contributed by atoms with Crippen LogP contribution in [0.2, 0.25) is 0 Å². The van der Waals surface area contributed by atoms with Gasteiger partial charge in [0, 0.05) is 32.7 Å². The highest BCUT2D eigenvalue weighted by atomic mass is 16.5. The maximum absolute atomic E-state index is 10.8. The van der Waals surface area contributed by atoms with Crippen LogP contribution in [-0.2, 0) is 9.53 Å². The minimum absolute atomic E-state index is 0.289. The first kappa shape index (κ1) is 11.7. The molecule has 14 heavy (non-hydrogen) atoms. The predicted molar refractivity (Wildman–Crippen MR) is 56.4 cm³/mol. The topological polar surface area (TPSA) is 29.5 Å². The van der Waals surface area contributed by atoms with Crippen molar-refractivity contribution in [3.63, 3.8) is 0 Å². The van der Waals surface area contributed by atoms with Crippen molar-refractivity contribution in [2.45, 2.75) is 39.2 Å². The number of nitrogens with zero attached hydrogens (tertiary/aromatic N) is 1. The molecule has 1 fully saturated rings. The number of ketones is 1. The molecule has 0 unspecified atom stereocenters. The van der Waals surface area contributed by atoms with Crippen LogP contribution in [0, 0.1) is 0 Å². The first-order valence-corrected chi connectivity index (χ1v) is 5.55. The Morgan fingerprint density at radius 1 is 1.43 bits per heavy atom. The minimum Gasteiger partial charge on any atom is -0.378 e. The molecule has 0 bridgehead atoms. The molecule has 1 aliphatic rings. The van der Waals surface area contributed by atoms with Gasteiger partial charge in [-0.3, -0.25) is 4.79 Å². The van der Waals surface area contributed by atoms with E-state index in [1.54, 1.807) is 6.92 Å². The van der Waals surface area contributed by atoms with E-state index in [2.05, 4.69) is 4.90 Å². The van der Waals surface area contributed by atoms with Gasteiger partial charge in [0.1, 0.15) is 5.78 Å². The summed E-state index contributed by atoms with van der Waals surface area (Å²) in [7, 11) is 0. The number of Topliss-reactive ketones (excluding diaryl/α,β-unsaturated/α-hetero) is 1. The highest BCUT2D eigenvalue weighted by Crippen LogP contribution is 2.13. The van der Waals surface area contributed by atoms with Gasteiger partial charge in [-0.05, 0) is 26.7 Å². The summed E-state index contributed by atoms with van der Waals surface area (Å²) in [5.74, 6) is 0.289. The molecule has 3 nitrogen and oxygen atoms in total. The van der Waals surface area contributed by atoms with E-state index >= 15 is 0 Å². The molecule has 0 aromatic heterocycles. The summed E-state index contributed by atoms with van der Waals surface area (Å²) in [4.78, 5) is 13.2. The second-order valence-corrected chi connectivity index (χ2v) is 3.95. The van der Waals surface area contributed by atoms with Crippen LogP contribution in [-0.4, -0.2) is 43.0 Å². The summed E-state index contributed by atoms with van der Waals surface area (Å²) in [6.07, 6.45) is 3.38. The molecule has 0 saturated carbocycles. The zero-order chi connectivity index (χ0) is 10.4. The average molecular weight is 199 g/mol. The third-order valence-electron chi connectivity index (χ3n) is 2.72. The monoisotopic (exact) mass is 199 g/mol. The van der Waals surface area contributed by atoms with Gasteiger partial charge in [-0.15, -0.1) is 0 Å². The van der Waals surface area contributed by atoms with E-state index in [0.29, 0.717) is 12.5 Å². The maximum atomic E-state index is 10.8. The van der Waals surface area contributed by atoms with Gasteiger partial charge in [-0.25, -0.2) is 0 Å². The Morgan fingerprint density at radius 2 is 2.07 bits per heavy atom. The summed E-state index contributed by atoms with van der Waals surface area (Å²) in [6.45, 7) is 7.61. The van der Waals surface area contributed by atoms with Crippen LogP contribution >= 0.6 is 0 Å². The molecule has 0 spiro atoms. The lowest BCUT2D eigenvalue weighted by atomic mass is 10.1. The second-order valence-electron chi connectivity index (χ2n) is 3.95. The molecule has 0 N–H and O–H groups in total. The number of ether oxygens (including phenoxy) is 1. The van der Waals surface area contributed by atoms with Gasteiger partial charge in [0.25, 0.3) is 0 Å². The molecule has 1 aliphatic heterocycles. The standard InChI is InChI=1S/C11H21NO2/c1-3-14-11-5-8-12(9-6-11)7-4-10(2)13/h11H,3-9H2,1-2H3. The first-order valence-electron chi connectivity index (χ1n) is 5.55. The summed E-state index contributed by atoms with van der Waals surface area (Å²) in [5.41, 5.74) is 0. The molecule has 0 radical (unpaired) electrons. The van der Waals surface area contributed by atoms with E-state index < -0.39 is 0 Å². The molecule has 0 aromatic rings. The zero-order valence-corrected chi connectivity index (χ0v) is 9.29. The lowest BCUT2D eigenvalue weighted by molar-refractivity contribution is -0.117. The van der Waals surface area contributed by atoms with Crippen molar-refractivity contribution >= 4 is 5.78 Å². The van der Waals surface area contributed by atoms with Gasteiger partial charge in [0.2, 0.25) is 0 Å². The smallest absolute Gasteiger partial charge is 0.131 e. The molecule has 0 atom stereocenters. The molecule has 1 rings (SSSR count). The summed E-state index contributed by atoms with van der Waals surface area (Å²) < 4.78 is 5.56. The summed E-state index contributed by atoms with van der Waals surface area (Å²) in [5, 5.41) is 0. The Labute approximate surface area is 86.4 Å². The quantitative estimate of drug-likeness (QED) is 0.671. The molecule has 0 aliphatic carbocycles. The van der Waals surface area contributed by atoms with E-state index in [9.17, 15) is 4.79 Å². The molecule has 0 aromatic carbocycles. The molecule has 1 saturated heterocycles. The number of piperidine rings is 1. The lowest BCUT2D eigenvalue weighted by Gasteiger charge is -2.31. The lowest BCUT2D eigenvalue weighted by Crippen LogP contribution is -2.38. The van der Waals surface area contributed by atoms with Crippen LogP contribution in [0.1, 0.15) is 33.1 Å².